The van der Waals surface area contributed by atoms with Gasteiger partial charge in [-0.3, -0.25) is 0 Å². The van der Waals surface area contributed by atoms with Crippen LogP contribution in [-0.2, 0) is 6.42 Å². The second kappa shape index (κ2) is 5.20. The van der Waals surface area contributed by atoms with Crippen LogP contribution in [0.3, 0.4) is 0 Å². The molecule has 19 heavy (non-hydrogen) atoms. The molecule has 1 fully saturated rings. The number of rotatable bonds is 4. The first-order valence-corrected chi connectivity index (χ1v) is 6.98. The summed E-state index contributed by atoms with van der Waals surface area (Å²) in [5.74, 6) is -0.957. The average Bonchev–Trinajstić information content (AvgIpc) is 2.19. The molecule has 1 aliphatic carbocycles. The molecule has 0 bridgehead atoms. The molecule has 1 nitrogen and oxygen atoms in total. The van der Waals surface area contributed by atoms with Gasteiger partial charge in [-0.05, 0) is 63.1 Å². The number of hydrogen-bond donors (Lipinski definition) is 1. The van der Waals surface area contributed by atoms with Gasteiger partial charge < -0.3 is 5.32 Å². The summed E-state index contributed by atoms with van der Waals surface area (Å²) in [6, 6.07) is 3.85. The summed E-state index contributed by atoms with van der Waals surface area (Å²) in [7, 11) is 0. The molecule has 106 valence electrons. The van der Waals surface area contributed by atoms with Crippen LogP contribution < -0.4 is 5.32 Å². The molecule has 0 aliphatic heterocycles. The van der Waals surface area contributed by atoms with E-state index < -0.39 is 11.6 Å². The molecule has 1 aromatic rings. The third kappa shape index (κ3) is 4.00. The van der Waals surface area contributed by atoms with E-state index >= 15 is 0 Å². The van der Waals surface area contributed by atoms with Crippen LogP contribution in [0.15, 0.2) is 18.2 Å². The third-order valence-corrected chi connectivity index (χ3v) is 3.91. The summed E-state index contributed by atoms with van der Waals surface area (Å²) in [5.41, 5.74) is 1.02. The Balaban J connectivity index is 2.05. The van der Waals surface area contributed by atoms with E-state index in [-0.39, 0.29) is 11.0 Å². The lowest BCUT2D eigenvalue weighted by Crippen LogP contribution is -2.48. The molecule has 3 heteroatoms. The molecule has 1 aromatic carbocycles. The van der Waals surface area contributed by atoms with E-state index in [4.69, 9.17) is 0 Å². The fourth-order valence-electron chi connectivity index (χ4n) is 2.69. The van der Waals surface area contributed by atoms with Crippen LogP contribution in [0.25, 0.3) is 0 Å². The van der Waals surface area contributed by atoms with Crippen LogP contribution in [0.2, 0.25) is 0 Å². The van der Waals surface area contributed by atoms with Crippen molar-refractivity contribution in [1.82, 2.24) is 5.32 Å². The molecule has 0 radical (unpaired) electrons. The molecule has 1 N–H and O–H groups in total. The summed E-state index contributed by atoms with van der Waals surface area (Å²) in [6.45, 7) is 7.33. The molecular formula is C16H23F2N. The van der Waals surface area contributed by atoms with E-state index in [1.54, 1.807) is 0 Å². The van der Waals surface area contributed by atoms with E-state index in [2.05, 4.69) is 26.1 Å². The zero-order chi connectivity index (χ0) is 14.1. The van der Waals surface area contributed by atoms with Crippen LogP contribution in [-0.4, -0.2) is 12.1 Å². The Morgan fingerprint density at radius 3 is 2.11 bits per heavy atom. The van der Waals surface area contributed by atoms with Crippen LogP contribution in [0, 0.1) is 17.0 Å². The summed E-state index contributed by atoms with van der Waals surface area (Å²) in [4.78, 5) is 0. The molecule has 0 unspecified atom stereocenters. The zero-order valence-electron chi connectivity index (χ0n) is 12.0. The molecule has 0 amide bonds. The Hall–Kier alpha value is -0.960. The summed E-state index contributed by atoms with van der Waals surface area (Å²) in [6.07, 6.45) is 4.23. The van der Waals surface area contributed by atoms with Gasteiger partial charge in [-0.15, -0.1) is 0 Å². The topological polar surface area (TPSA) is 12.0 Å². The van der Waals surface area contributed by atoms with Gasteiger partial charge in [-0.1, -0.05) is 6.42 Å². The number of benzene rings is 1. The molecule has 0 aromatic heterocycles. The SMILES string of the molecule is CC(C)(C)NCC1(Cc2cc(F)cc(F)c2)CCC1. The van der Waals surface area contributed by atoms with Crippen LogP contribution >= 0.6 is 0 Å². The average molecular weight is 267 g/mol. The lowest BCUT2D eigenvalue weighted by atomic mass is 9.65. The molecule has 1 saturated carbocycles. The van der Waals surface area contributed by atoms with Crippen molar-refractivity contribution in [3.8, 4) is 0 Å². The second-order valence-corrected chi connectivity index (χ2v) is 6.91. The maximum atomic E-state index is 13.2. The predicted octanol–water partition coefficient (Wildman–Crippen LogP) is 4.07. The molecule has 0 atom stereocenters. The van der Waals surface area contributed by atoms with Crippen molar-refractivity contribution < 1.29 is 8.78 Å². The van der Waals surface area contributed by atoms with Crippen molar-refractivity contribution >= 4 is 0 Å². The summed E-state index contributed by atoms with van der Waals surface area (Å²) in [5, 5.41) is 3.53. The smallest absolute Gasteiger partial charge is 0.126 e. The van der Waals surface area contributed by atoms with E-state index in [1.807, 2.05) is 0 Å². The van der Waals surface area contributed by atoms with Gasteiger partial charge in [-0.2, -0.15) is 0 Å². The normalized spacial score (nSPS) is 18.2. The van der Waals surface area contributed by atoms with Crippen LogP contribution in [0.1, 0.15) is 45.6 Å². The minimum Gasteiger partial charge on any atom is -0.312 e. The molecular weight excluding hydrogens is 244 g/mol. The second-order valence-electron chi connectivity index (χ2n) is 6.91. The molecule has 1 aliphatic rings. The van der Waals surface area contributed by atoms with Gasteiger partial charge >= 0.3 is 0 Å². The van der Waals surface area contributed by atoms with Crippen molar-refractivity contribution in [3.05, 3.63) is 35.4 Å². The van der Waals surface area contributed by atoms with Gasteiger partial charge in [0.15, 0.2) is 0 Å². The van der Waals surface area contributed by atoms with Crippen molar-refractivity contribution in [2.45, 2.75) is 52.0 Å². The van der Waals surface area contributed by atoms with E-state index in [0.29, 0.717) is 0 Å². The van der Waals surface area contributed by atoms with Gasteiger partial charge in [-0.25, -0.2) is 8.78 Å². The molecule has 2 rings (SSSR count). The first kappa shape index (κ1) is 14.4. The Morgan fingerprint density at radius 1 is 1.11 bits per heavy atom. The summed E-state index contributed by atoms with van der Waals surface area (Å²) >= 11 is 0. The Kier molecular flexibility index (Phi) is 3.95. The minimum absolute atomic E-state index is 0.0791. The van der Waals surface area contributed by atoms with Crippen molar-refractivity contribution in [2.75, 3.05) is 6.54 Å². The number of halogens is 2. The molecule has 0 saturated heterocycles. The highest BCUT2D eigenvalue weighted by Gasteiger charge is 2.37. The van der Waals surface area contributed by atoms with E-state index in [9.17, 15) is 8.78 Å². The highest BCUT2D eigenvalue weighted by atomic mass is 19.1. The maximum Gasteiger partial charge on any atom is 0.126 e. The van der Waals surface area contributed by atoms with Crippen molar-refractivity contribution in [3.63, 3.8) is 0 Å². The Morgan fingerprint density at radius 2 is 1.68 bits per heavy atom. The molecule has 0 heterocycles. The van der Waals surface area contributed by atoms with Gasteiger partial charge in [0.2, 0.25) is 0 Å². The fourth-order valence-corrected chi connectivity index (χ4v) is 2.69. The highest BCUT2D eigenvalue weighted by molar-refractivity contribution is 5.20. The quantitative estimate of drug-likeness (QED) is 0.867. The van der Waals surface area contributed by atoms with Gasteiger partial charge in [0.25, 0.3) is 0 Å². The van der Waals surface area contributed by atoms with Gasteiger partial charge in [0.05, 0.1) is 0 Å². The standard InChI is InChI=1S/C16H23F2N/c1-15(2,3)19-11-16(5-4-6-16)10-12-7-13(17)9-14(18)8-12/h7-9,19H,4-6,10-11H2,1-3H3. The zero-order valence-corrected chi connectivity index (χ0v) is 12.0. The number of nitrogens with one attached hydrogen (secondary N) is 1. The lowest BCUT2D eigenvalue weighted by Gasteiger charge is -2.44. The third-order valence-electron chi connectivity index (χ3n) is 3.91. The maximum absolute atomic E-state index is 13.2. The fraction of sp³-hybridized carbons (Fsp3) is 0.625. The van der Waals surface area contributed by atoms with Crippen LogP contribution in [0.5, 0.6) is 0 Å². The van der Waals surface area contributed by atoms with Crippen molar-refractivity contribution in [2.24, 2.45) is 5.41 Å². The first-order valence-electron chi connectivity index (χ1n) is 6.98. The van der Waals surface area contributed by atoms with E-state index in [0.717, 1.165) is 37.4 Å². The van der Waals surface area contributed by atoms with Gasteiger partial charge in [0, 0.05) is 18.2 Å². The largest absolute Gasteiger partial charge is 0.312 e. The monoisotopic (exact) mass is 267 g/mol. The minimum atomic E-state index is -0.478. The molecule has 0 spiro atoms. The van der Waals surface area contributed by atoms with Crippen LogP contribution in [0.4, 0.5) is 8.78 Å². The van der Waals surface area contributed by atoms with E-state index in [1.165, 1.54) is 18.6 Å². The summed E-state index contributed by atoms with van der Waals surface area (Å²) < 4.78 is 26.5. The van der Waals surface area contributed by atoms with Gasteiger partial charge in [0.1, 0.15) is 11.6 Å². The Labute approximate surface area is 114 Å². The lowest BCUT2D eigenvalue weighted by molar-refractivity contribution is 0.118. The highest BCUT2D eigenvalue weighted by Crippen LogP contribution is 2.43. The van der Waals surface area contributed by atoms with Crippen molar-refractivity contribution in [1.29, 1.82) is 0 Å². The first-order chi connectivity index (χ1) is 8.78. The predicted molar refractivity (Wildman–Crippen MR) is 74.1 cm³/mol. The Bertz CT molecular complexity index is 424. The number of hydrogen-bond acceptors (Lipinski definition) is 1.